The Kier molecular flexibility index (Phi) is 6.33. The second kappa shape index (κ2) is 7.52. The SMILES string of the molecule is CC(C)OCC(C)(CO)CNCc1ccccc1. The molecule has 0 aliphatic rings. The number of hydrogen-bond donors (Lipinski definition) is 2. The smallest absolute Gasteiger partial charge is 0.0557 e. The second-order valence-corrected chi connectivity index (χ2v) is 5.42. The summed E-state index contributed by atoms with van der Waals surface area (Å²) in [6, 6.07) is 10.3. The molecule has 0 saturated carbocycles. The van der Waals surface area contributed by atoms with Crippen LogP contribution in [0, 0.1) is 5.41 Å². The predicted molar refractivity (Wildman–Crippen MR) is 74.4 cm³/mol. The Balaban J connectivity index is 2.34. The van der Waals surface area contributed by atoms with Crippen molar-refractivity contribution < 1.29 is 9.84 Å². The van der Waals surface area contributed by atoms with Crippen LogP contribution in [-0.4, -0.2) is 31.0 Å². The van der Waals surface area contributed by atoms with Crippen molar-refractivity contribution in [3.8, 4) is 0 Å². The summed E-state index contributed by atoms with van der Waals surface area (Å²) in [5, 5.41) is 12.9. The molecule has 3 nitrogen and oxygen atoms in total. The molecule has 3 heteroatoms. The van der Waals surface area contributed by atoms with Gasteiger partial charge in [-0.05, 0) is 19.4 Å². The summed E-state index contributed by atoms with van der Waals surface area (Å²) < 4.78 is 5.60. The Labute approximate surface area is 110 Å². The first-order valence-corrected chi connectivity index (χ1v) is 6.53. The quantitative estimate of drug-likeness (QED) is 0.744. The number of nitrogens with one attached hydrogen (secondary N) is 1. The number of aliphatic hydroxyl groups excluding tert-OH is 1. The van der Waals surface area contributed by atoms with Gasteiger partial charge in [-0.1, -0.05) is 37.3 Å². The summed E-state index contributed by atoms with van der Waals surface area (Å²) in [5.41, 5.74) is 1.03. The van der Waals surface area contributed by atoms with Gasteiger partial charge in [-0.3, -0.25) is 0 Å². The normalized spacial score (nSPS) is 14.7. The van der Waals surface area contributed by atoms with Crippen molar-refractivity contribution in [2.75, 3.05) is 19.8 Å². The summed E-state index contributed by atoms with van der Waals surface area (Å²) in [6.07, 6.45) is 0.199. The van der Waals surface area contributed by atoms with Crippen molar-refractivity contribution in [3.05, 3.63) is 35.9 Å². The number of ether oxygens (including phenoxy) is 1. The molecule has 0 radical (unpaired) electrons. The molecule has 102 valence electrons. The van der Waals surface area contributed by atoms with Crippen molar-refractivity contribution >= 4 is 0 Å². The topological polar surface area (TPSA) is 41.5 Å². The molecule has 1 unspecified atom stereocenters. The van der Waals surface area contributed by atoms with Gasteiger partial charge in [0.05, 0.1) is 19.3 Å². The van der Waals surface area contributed by atoms with Gasteiger partial charge in [0.25, 0.3) is 0 Å². The highest BCUT2D eigenvalue weighted by atomic mass is 16.5. The number of benzene rings is 1. The molecule has 1 aromatic rings. The molecule has 1 aromatic carbocycles. The maximum absolute atomic E-state index is 9.48. The summed E-state index contributed by atoms with van der Waals surface area (Å²) in [6.45, 7) is 8.31. The fraction of sp³-hybridized carbons (Fsp3) is 0.600. The molecular formula is C15H25NO2. The van der Waals surface area contributed by atoms with Crippen molar-refractivity contribution in [1.29, 1.82) is 0 Å². The minimum atomic E-state index is -0.223. The molecule has 2 N–H and O–H groups in total. The Hall–Kier alpha value is -0.900. The van der Waals surface area contributed by atoms with Crippen LogP contribution in [0.3, 0.4) is 0 Å². The first-order chi connectivity index (χ1) is 8.56. The van der Waals surface area contributed by atoms with E-state index in [0.29, 0.717) is 6.61 Å². The van der Waals surface area contributed by atoms with Crippen LogP contribution < -0.4 is 5.32 Å². The molecule has 0 heterocycles. The minimum absolute atomic E-state index is 0.126. The third-order valence-corrected chi connectivity index (χ3v) is 2.87. The van der Waals surface area contributed by atoms with E-state index >= 15 is 0 Å². The van der Waals surface area contributed by atoms with Crippen molar-refractivity contribution in [2.45, 2.75) is 33.4 Å². The number of aliphatic hydroxyl groups is 1. The van der Waals surface area contributed by atoms with Gasteiger partial charge in [0.2, 0.25) is 0 Å². The summed E-state index contributed by atoms with van der Waals surface area (Å²) in [5.74, 6) is 0. The average molecular weight is 251 g/mol. The van der Waals surface area contributed by atoms with Crippen molar-refractivity contribution in [2.24, 2.45) is 5.41 Å². The van der Waals surface area contributed by atoms with E-state index in [1.165, 1.54) is 5.56 Å². The van der Waals surface area contributed by atoms with Gasteiger partial charge in [-0.2, -0.15) is 0 Å². The van der Waals surface area contributed by atoms with E-state index in [1.54, 1.807) is 0 Å². The van der Waals surface area contributed by atoms with Crippen molar-refractivity contribution in [1.82, 2.24) is 5.32 Å². The molecule has 0 bridgehead atoms. The van der Waals surface area contributed by atoms with E-state index in [-0.39, 0.29) is 18.1 Å². The van der Waals surface area contributed by atoms with E-state index in [2.05, 4.69) is 17.4 Å². The van der Waals surface area contributed by atoms with Crippen LogP contribution >= 0.6 is 0 Å². The lowest BCUT2D eigenvalue weighted by atomic mass is 9.93. The van der Waals surface area contributed by atoms with E-state index in [0.717, 1.165) is 13.1 Å². The molecule has 0 aliphatic heterocycles. The predicted octanol–water partition coefficient (Wildman–Crippen LogP) is 2.20. The third-order valence-electron chi connectivity index (χ3n) is 2.87. The molecule has 1 atom stereocenters. The first kappa shape index (κ1) is 15.2. The Bertz CT molecular complexity index is 327. The number of rotatable bonds is 8. The lowest BCUT2D eigenvalue weighted by Gasteiger charge is -2.28. The molecular weight excluding hydrogens is 226 g/mol. The molecule has 0 amide bonds. The lowest BCUT2D eigenvalue weighted by Crippen LogP contribution is -2.39. The fourth-order valence-electron chi connectivity index (χ4n) is 1.62. The lowest BCUT2D eigenvalue weighted by molar-refractivity contribution is -0.0108. The Morgan fingerprint density at radius 1 is 1.28 bits per heavy atom. The van der Waals surface area contributed by atoms with Gasteiger partial charge in [0, 0.05) is 18.5 Å². The molecule has 1 rings (SSSR count). The third kappa shape index (κ3) is 5.63. The van der Waals surface area contributed by atoms with Crippen LogP contribution in [0.1, 0.15) is 26.3 Å². The largest absolute Gasteiger partial charge is 0.396 e. The average Bonchev–Trinajstić information content (AvgIpc) is 2.38. The Morgan fingerprint density at radius 3 is 2.50 bits per heavy atom. The standard InChI is InChI=1S/C15H25NO2/c1-13(2)18-12-15(3,11-17)10-16-9-14-7-5-4-6-8-14/h4-8,13,16-17H,9-12H2,1-3H3. The zero-order chi connectivity index (χ0) is 13.4. The molecule has 18 heavy (non-hydrogen) atoms. The summed E-state index contributed by atoms with van der Waals surface area (Å²) >= 11 is 0. The zero-order valence-corrected chi connectivity index (χ0v) is 11.6. The van der Waals surface area contributed by atoms with Gasteiger partial charge < -0.3 is 15.2 Å². The van der Waals surface area contributed by atoms with Gasteiger partial charge in [0.15, 0.2) is 0 Å². The number of hydrogen-bond acceptors (Lipinski definition) is 3. The van der Waals surface area contributed by atoms with Gasteiger partial charge in [0.1, 0.15) is 0 Å². The van der Waals surface area contributed by atoms with E-state index in [9.17, 15) is 5.11 Å². The van der Waals surface area contributed by atoms with Crippen molar-refractivity contribution in [3.63, 3.8) is 0 Å². The molecule has 0 fully saturated rings. The fourth-order valence-corrected chi connectivity index (χ4v) is 1.62. The summed E-state index contributed by atoms with van der Waals surface area (Å²) in [7, 11) is 0. The van der Waals surface area contributed by atoms with Gasteiger partial charge in [-0.15, -0.1) is 0 Å². The molecule has 0 saturated heterocycles. The maximum Gasteiger partial charge on any atom is 0.0557 e. The van der Waals surface area contributed by atoms with Crippen LogP contribution in [0.15, 0.2) is 30.3 Å². The molecule has 0 aromatic heterocycles. The highest BCUT2D eigenvalue weighted by Gasteiger charge is 2.23. The highest BCUT2D eigenvalue weighted by Crippen LogP contribution is 2.15. The highest BCUT2D eigenvalue weighted by molar-refractivity contribution is 5.14. The molecule has 0 aliphatic carbocycles. The first-order valence-electron chi connectivity index (χ1n) is 6.53. The van der Waals surface area contributed by atoms with E-state index < -0.39 is 0 Å². The second-order valence-electron chi connectivity index (χ2n) is 5.42. The van der Waals surface area contributed by atoms with Gasteiger partial charge in [-0.25, -0.2) is 0 Å². The maximum atomic E-state index is 9.48. The van der Waals surface area contributed by atoms with E-state index in [4.69, 9.17) is 4.74 Å². The monoisotopic (exact) mass is 251 g/mol. The Morgan fingerprint density at radius 2 is 1.94 bits per heavy atom. The molecule has 0 spiro atoms. The zero-order valence-electron chi connectivity index (χ0n) is 11.6. The van der Waals surface area contributed by atoms with Crippen LogP contribution in [0.5, 0.6) is 0 Å². The van der Waals surface area contributed by atoms with Crippen LogP contribution in [0.4, 0.5) is 0 Å². The van der Waals surface area contributed by atoms with Crippen LogP contribution in [0.25, 0.3) is 0 Å². The summed E-state index contributed by atoms with van der Waals surface area (Å²) in [4.78, 5) is 0. The minimum Gasteiger partial charge on any atom is -0.396 e. The van der Waals surface area contributed by atoms with Gasteiger partial charge >= 0.3 is 0 Å². The van der Waals surface area contributed by atoms with Crippen LogP contribution in [-0.2, 0) is 11.3 Å². The van der Waals surface area contributed by atoms with E-state index in [1.807, 2.05) is 39.0 Å². The van der Waals surface area contributed by atoms with Crippen LogP contribution in [0.2, 0.25) is 0 Å².